The fraction of sp³-hybridized carbons (Fsp3) is 0.294. The highest BCUT2D eigenvalue weighted by Gasteiger charge is 2.41. The van der Waals surface area contributed by atoms with E-state index in [9.17, 15) is 18.0 Å². The Morgan fingerprint density at radius 3 is 2.64 bits per heavy atom. The summed E-state index contributed by atoms with van der Waals surface area (Å²) in [6, 6.07) is 7.17. The molecule has 1 aliphatic rings. The summed E-state index contributed by atoms with van der Waals surface area (Å²) in [5.41, 5.74) is -0.568. The minimum atomic E-state index is -4.63. The van der Waals surface area contributed by atoms with E-state index in [0.29, 0.717) is 23.2 Å². The second-order valence-corrected chi connectivity index (χ2v) is 7.23. The summed E-state index contributed by atoms with van der Waals surface area (Å²) < 4.78 is 40.6. The molecule has 0 radical (unpaired) electrons. The molecule has 0 amide bonds. The van der Waals surface area contributed by atoms with Crippen LogP contribution in [0.3, 0.4) is 0 Å². The fourth-order valence-electron chi connectivity index (χ4n) is 3.10. The van der Waals surface area contributed by atoms with E-state index in [-0.39, 0.29) is 34.9 Å². The lowest BCUT2D eigenvalue weighted by molar-refractivity contribution is -0.141. The molecule has 28 heavy (non-hydrogen) atoms. The first kappa shape index (κ1) is 18.8. The molecule has 3 heterocycles. The number of hydrogen-bond donors (Lipinski definition) is 0. The van der Waals surface area contributed by atoms with Crippen molar-refractivity contribution in [2.24, 2.45) is 5.92 Å². The van der Waals surface area contributed by atoms with Crippen LogP contribution < -0.4 is 5.56 Å². The molecule has 6 nitrogen and oxygen atoms in total. The van der Waals surface area contributed by atoms with E-state index < -0.39 is 17.4 Å². The largest absolute Gasteiger partial charge is 0.435 e. The fourth-order valence-corrected chi connectivity index (χ4v) is 3.59. The molecular formula is C17H10Cl2F3N5O. The summed E-state index contributed by atoms with van der Waals surface area (Å²) in [5.74, 6) is -0.361. The molecule has 0 unspecified atom stereocenters. The second-order valence-electron chi connectivity index (χ2n) is 6.43. The van der Waals surface area contributed by atoms with Gasteiger partial charge in [-0.2, -0.15) is 23.5 Å². The van der Waals surface area contributed by atoms with Gasteiger partial charge in [0.15, 0.2) is 5.69 Å². The van der Waals surface area contributed by atoms with Crippen LogP contribution >= 0.6 is 23.2 Å². The maximum Gasteiger partial charge on any atom is 0.435 e. The molecule has 4 rings (SSSR count). The Kier molecular flexibility index (Phi) is 4.36. The number of nitrogens with zero attached hydrogens (tertiary/aromatic N) is 5. The number of hydrogen-bond acceptors (Lipinski definition) is 4. The van der Waals surface area contributed by atoms with Gasteiger partial charge in [0.05, 0.1) is 34.9 Å². The Labute approximate surface area is 165 Å². The average molecular weight is 428 g/mol. The predicted molar refractivity (Wildman–Crippen MR) is 94.3 cm³/mol. The summed E-state index contributed by atoms with van der Waals surface area (Å²) in [5, 5.41) is 12.6. The lowest BCUT2D eigenvalue weighted by atomic mass is 10.2. The van der Waals surface area contributed by atoms with Crippen molar-refractivity contribution < 1.29 is 13.2 Å². The van der Waals surface area contributed by atoms with Gasteiger partial charge < -0.3 is 0 Å². The summed E-state index contributed by atoms with van der Waals surface area (Å²) in [7, 11) is 0. The molecule has 1 aliphatic carbocycles. The van der Waals surface area contributed by atoms with Gasteiger partial charge >= 0.3 is 6.18 Å². The summed E-state index contributed by atoms with van der Waals surface area (Å²) in [4.78, 5) is 17.0. The van der Waals surface area contributed by atoms with Crippen molar-refractivity contribution >= 4 is 28.8 Å². The molecule has 11 heteroatoms. The molecule has 3 aromatic heterocycles. The zero-order chi connectivity index (χ0) is 20.2. The second kappa shape index (κ2) is 6.50. The molecule has 0 spiro atoms. The summed E-state index contributed by atoms with van der Waals surface area (Å²) in [6.07, 6.45) is -4.02. The van der Waals surface area contributed by atoms with Gasteiger partial charge in [0.25, 0.3) is 5.56 Å². The van der Waals surface area contributed by atoms with E-state index in [1.165, 1.54) is 16.5 Å². The van der Waals surface area contributed by atoms with Crippen LogP contribution in [-0.2, 0) is 12.7 Å². The van der Waals surface area contributed by atoms with Gasteiger partial charge in [0, 0.05) is 18.1 Å². The minimum absolute atomic E-state index is 0.151. The molecule has 1 fully saturated rings. The molecule has 0 aromatic carbocycles. The molecule has 0 aliphatic heterocycles. The molecule has 3 aromatic rings. The maximum absolute atomic E-state index is 12.8. The van der Waals surface area contributed by atoms with Crippen molar-refractivity contribution in [1.82, 2.24) is 19.2 Å². The van der Waals surface area contributed by atoms with Crippen LogP contribution in [0.1, 0.15) is 29.4 Å². The van der Waals surface area contributed by atoms with Crippen LogP contribution in [0.2, 0.25) is 10.2 Å². The number of halogens is 5. The first-order valence-electron chi connectivity index (χ1n) is 8.10. The van der Waals surface area contributed by atoms with Gasteiger partial charge in [-0.15, -0.1) is 0 Å². The third-order valence-corrected chi connectivity index (χ3v) is 5.13. The molecule has 0 saturated heterocycles. The van der Waals surface area contributed by atoms with Crippen molar-refractivity contribution in [2.75, 3.05) is 0 Å². The highest BCUT2D eigenvalue weighted by Crippen LogP contribution is 2.48. The van der Waals surface area contributed by atoms with Gasteiger partial charge in [-0.1, -0.05) is 23.2 Å². The van der Waals surface area contributed by atoms with Gasteiger partial charge in [0.1, 0.15) is 10.8 Å². The van der Waals surface area contributed by atoms with Crippen LogP contribution in [-0.4, -0.2) is 19.2 Å². The quantitative estimate of drug-likeness (QED) is 0.635. The van der Waals surface area contributed by atoms with Crippen molar-refractivity contribution in [1.29, 1.82) is 5.26 Å². The van der Waals surface area contributed by atoms with Crippen LogP contribution in [0.25, 0.3) is 5.65 Å². The van der Waals surface area contributed by atoms with Gasteiger partial charge in [-0.25, -0.2) is 9.67 Å². The van der Waals surface area contributed by atoms with E-state index in [2.05, 4.69) is 16.2 Å². The molecule has 2 atom stereocenters. The monoisotopic (exact) mass is 427 g/mol. The normalized spacial score (nSPS) is 19.0. The lowest BCUT2D eigenvalue weighted by Crippen LogP contribution is -2.20. The highest BCUT2D eigenvalue weighted by molar-refractivity contribution is 6.31. The average Bonchev–Trinajstić information content (AvgIpc) is 3.30. The number of pyridine rings is 1. The predicted octanol–water partition coefficient (Wildman–Crippen LogP) is 3.89. The Balaban J connectivity index is 1.76. The third-order valence-electron chi connectivity index (χ3n) is 4.50. The molecular weight excluding hydrogens is 418 g/mol. The summed E-state index contributed by atoms with van der Waals surface area (Å²) >= 11 is 12.1. The van der Waals surface area contributed by atoms with Crippen LogP contribution in [0, 0.1) is 17.2 Å². The van der Waals surface area contributed by atoms with Crippen molar-refractivity contribution in [3.8, 4) is 6.07 Å². The number of fused-ring (bicyclic) bond motifs is 1. The van der Waals surface area contributed by atoms with E-state index in [1.807, 2.05) is 0 Å². The molecule has 144 valence electrons. The van der Waals surface area contributed by atoms with Crippen molar-refractivity contribution in [3.63, 3.8) is 0 Å². The zero-order valence-corrected chi connectivity index (χ0v) is 15.4. The first-order valence-corrected chi connectivity index (χ1v) is 8.86. The minimum Gasteiger partial charge on any atom is -0.269 e. The Bertz CT molecular complexity index is 1190. The Hall–Kier alpha value is -2.57. The Morgan fingerprint density at radius 1 is 1.29 bits per heavy atom. The number of aromatic nitrogens is 4. The van der Waals surface area contributed by atoms with Crippen LogP contribution in [0.5, 0.6) is 0 Å². The first-order chi connectivity index (χ1) is 13.2. The standard InChI is InChI=1S/C17H10Cl2F3N5O/c18-11-1-2-14-24-9(7-26-13(19)5-12(25-26)17(20,21)22)4-15(28)27(14)16(11)10-3-8(10)6-23/h1-2,4-5,8,10H,3,7H2/t8-,10+/m0/s1. The zero-order valence-electron chi connectivity index (χ0n) is 13.9. The Morgan fingerprint density at radius 2 is 2.04 bits per heavy atom. The van der Waals surface area contributed by atoms with Gasteiger partial charge in [0.2, 0.25) is 0 Å². The molecule has 0 bridgehead atoms. The van der Waals surface area contributed by atoms with Gasteiger partial charge in [-0.05, 0) is 18.6 Å². The maximum atomic E-state index is 12.8. The van der Waals surface area contributed by atoms with E-state index in [1.54, 1.807) is 6.07 Å². The topological polar surface area (TPSA) is 76.0 Å². The lowest BCUT2D eigenvalue weighted by Gasteiger charge is -2.11. The number of nitriles is 1. The SMILES string of the molecule is N#C[C@@H]1C[C@H]1c1c(Cl)ccc2nc(Cn3nc(C(F)(F)F)cc3Cl)cc(=O)n12. The van der Waals surface area contributed by atoms with E-state index in [4.69, 9.17) is 28.5 Å². The van der Waals surface area contributed by atoms with Crippen LogP contribution in [0.15, 0.2) is 29.1 Å². The van der Waals surface area contributed by atoms with E-state index >= 15 is 0 Å². The molecule has 1 saturated carbocycles. The van der Waals surface area contributed by atoms with E-state index in [0.717, 1.165) is 4.68 Å². The smallest absolute Gasteiger partial charge is 0.269 e. The highest BCUT2D eigenvalue weighted by atomic mass is 35.5. The number of alkyl halides is 3. The number of rotatable bonds is 3. The van der Waals surface area contributed by atoms with Crippen molar-refractivity contribution in [2.45, 2.75) is 25.1 Å². The van der Waals surface area contributed by atoms with Gasteiger partial charge in [-0.3, -0.25) is 9.20 Å². The van der Waals surface area contributed by atoms with Crippen LogP contribution in [0.4, 0.5) is 13.2 Å². The summed E-state index contributed by atoms with van der Waals surface area (Å²) in [6.45, 7) is -0.205. The van der Waals surface area contributed by atoms with Crippen molar-refractivity contribution in [3.05, 3.63) is 61.9 Å². The molecule has 0 N–H and O–H groups in total. The third kappa shape index (κ3) is 3.23.